The Labute approximate surface area is 524 Å². The van der Waals surface area contributed by atoms with Gasteiger partial charge in [-0.15, -0.1) is 12.6 Å². The highest BCUT2D eigenvalue weighted by Gasteiger charge is 2.17. The van der Waals surface area contributed by atoms with Gasteiger partial charge in [0.15, 0.2) is 0 Å². The Morgan fingerprint density at radius 1 is 0.470 bits per heavy atom. The molecule has 2 N–H and O–H groups in total. The lowest BCUT2D eigenvalue weighted by molar-refractivity contribution is 0.185. The quantitative estimate of drug-likeness (QED) is 0.0708. The average Bonchev–Trinajstić information content (AvgIpc) is 4.39. The van der Waals surface area contributed by atoms with Crippen LogP contribution >= 0.6 is 93.5 Å². The number of aliphatic hydroxyl groups excluding tert-OH is 2. The molecular formula is C64H57Cl3IN9O3S3. The minimum Gasteiger partial charge on any atom is -0.392 e. The first-order valence-electron chi connectivity index (χ1n) is 26.4. The molecule has 0 fully saturated rings. The second kappa shape index (κ2) is 29.5. The fourth-order valence-electron chi connectivity index (χ4n) is 8.44. The van der Waals surface area contributed by atoms with Crippen LogP contribution < -0.4 is 0 Å². The molecule has 0 aliphatic rings. The van der Waals surface area contributed by atoms with Crippen molar-refractivity contribution in [3.63, 3.8) is 0 Å². The number of ether oxygens (including phenoxy) is 1. The van der Waals surface area contributed by atoms with Crippen LogP contribution in [0.2, 0.25) is 15.1 Å². The summed E-state index contributed by atoms with van der Waals surface area (Å²) in [6.07, 6.45) is 6.15. The number of hydrogen-bond donors (Lipinski definition) is 3. The molecule has 12 rings (SSSR count). The summed E-state index contributed by atoms with van der Waals surface area (Å²) in [4.78, 5) is 19.6. The van der Waals surface area contributed by atoms with E-state index in [-0.39, 0.29) is 13.2 Å². The van der Waals surface area contributed by atoms with Crippen LogP contribution in [0.1, 0.15) is 37.5 Å². The summed E-state index contributed by atoms with van der Waals surface area (Å²) in [6, 6.07) is 52.9. The van der Waals surface area contributed by atoms with Crippen LogP contribution in [0.25, 0.3) is 66.9 Å². The number of aliphatic hydroxyl groups is 2. The lowest BCUT2D eigenvalue weighted by atomic mass is 10.1. The molecule has 0 bridgehead atoms. The highest BCUT2D eigenvalue weighted by Crippen LogP contribution is 2.38. The molecule has 422 valence electrons. The molecular weight excluding hydrogens is 1270 g/mol. The fraction of sp³-hybridized carbons (Fsp3) is 0.156. The summed E-state index contributed by atoms with van der Waals surface area (Å²) in [7, 11) is 1.70. The Hall–Kier alpha value is -6.29. The molecule has 0 saturated heterocycles. The average molecular weight is 1330 g/mol. The highest BCUT2D eigenvalue weighted by atomic mass is 127. The maximum absolute atomic E-state index is 9.31. The zero-order valence-corrected chi connectivity index (χ0v) is 52.6. The Kier molecular flexibility index (Phi) is 21.8. The zero-order valence-electron chi connectivity index (χ0n) is 45.7. The molecule has 12 nitrogen and oxygen atoms in total. The molecule has 0 saturated carbocycles. The van der Waals surface area contributed by atoms with Gasteiger partial charge in [-0.3, -0.25) is 14.0 Å². The van der Waals surface area contributed by atoms with E-state index in [2.05, 4.69) is 96.7 Å². The summed E-state index contributed by atoms with van der Waals surface area (Å²) in [5.41, 5.74) is 10.9. The van der Waals surface area contributed by atoms with Gasteiger partial charge in [-0.1, -0.05) is 94.7 Å². The molecule has 0 atom stereocenters. The van der Waals surface area contributed by atoms with E-state index in [0.29, 0.717) is 6.61 Å². The van der Waals surface area contributed by atoms with Gasteiger partial charge in [0.25, 0.3) is 0 Å². The van der Waals surface area contributed by atoms with Crippen LogP contribution in [-0.2, 0) is 44.2 Å². The van der Waals surface area contributed by atoms with Crippen molar-refractivity contribution in [2.75, 3.05) is 7.11 Å². The molecule has 0 spiro atoms. The minimum absolute atomic E-state index is 0.0283. The molecule has 83 heavy (non-hydrogen) atoms. The smallest absolute Gasteiger partial charge is 0.125 e. The van der Waals surface area contributed by atoms with Crippen LogP contribution in [0.5, 0.6) is 0 Å². The number of fused-ring (bicyclic) bond motifs is 3. The molecule has 0 aliphatic carbocycles. The number of hydrogen-bond acceptors (Lipinski definition) is 12. The van der Waals surface area contributed by atoms with E-state index in [4.69, 9.17) is 64.8 Å². The van der Waals surface area contributed by atoms with Crippen molar-refractivity contribution in [1.82, 2.24) is 44.3 Å². The Balaban J connectivity index is 0.000000142. The Morgan fingerprint density at radius 3 is 1.20 bits per heavy atom. The van der Waals surface area contributed by atoms with E-state index in [1.54, 1.807) is 30.6 Å². The highest BCUT2D eigenvalue weighted by molar-refractivity contribution is 14.1. The van der Waals surface area contributed by atoms with E-state index in [1.165, 1.54) is 0 Å². The summed E-state index contributed by atoms with van der Waals surface area (Å²) in [5, 5.41) is 37.8. The van der Waals surface area contributed by atoms with Crippen molar-refractivity contribution in [3.8, 4) is 34.2 Å². The first-order chi connectivity index (χ1) is 40.3. The second-order valence-electron chi connectivity index (χ2n) is 18.6. The first kappa shape index (κ1) is 61.3. The van der Waals surface area contributed by atoms with E-state index < -0.39 is 0 Å². The SMILES string of the molecule is CCn1cc(I)c(-c2ccc3cc(CO)ccc3n2)n1.CCn1cc(Sc2ccc(Cl)cc2)c(-c2ccc3cc(CO)ccc3n2)n1.CCn1cc(Sc2ccc(Cl)cc2)c(-c2ccc3cc(COC)ccc3n2)n1.Sc1ccc(Cl)cc1. The van der Waals surface area contributed by atoms with E-state index in [1.807, 2.05) is 166 Å². The minimum atomic E-state index is 0.0283. The van der Waals surface area contributed by atoms with Crippen LogP contribution in [0, 0.1) is 3.57 Å². The third kappa shape index (κ3) is 16.3. The third-order valence-corrected chi connectivity index (χ3v) is 16.6. The molecule has 6 aromatic heterocycles. The van der Waals surface area contributed by atoms with E-state index >= 15 is 0 Å². The van der Waals surface area contributed by atoms with Gasteiger partial charge in [-0.2, -0.15) is 15.3 Å². The number of benzene rings is 6. The van der Waals surface area contributed by atoms with E-state index in [0.717, 1.165) is 146 Å². The van der Waals surface area contributed by atoms with E-state index in [9.17, 15) is 5.11 Å². The lowest BCUT2D eigenvalue weighted by Gasteiger charge is -2.06. The van der Waals surface area contributed by atoms with Gasteiger partial charge in [0.1, 0.15) is 17.1 Å². The Morgan fingerprint density at radius 2 is 0.831 bits per heavy atom. The maximum Gasteiger partial charge on any atom is 0.125 e. The molecule has 6 aromatic carbocycles. The van der Waals surface area contributed by atoms with Crippen molar-refractivity contribution < 1.29 is 14.9 Å². The predicted octanol–water partition coefficient (Wildman–Crippen LogP) is 17.3. The second-order valence-corrected chi connectivity index (χ2v) is 23.8. The fourth-order valence-corrected chi connectivity index (χ4v) is 11.6. The normalized spacial score (nSPS) is 11.0. The molecule has 0 aliphatic heterocycles. The summed E-state index contributed by atoms with van der Waals surface area (Å²) in [5.74, 6) is 0. The number of nitrogens with zero attached hydrogens (tertiary/aromatic N) is 9. The zero-order chi connectivity index (χ0) is 58.4. The maximum atomic E-state index is 9.31. The van der Waals surface area contributed by atoms with Gasteiger partial charge >= 0.3 is 0 Å². The van der Waals surface area contributed by atoms with Crippen LogP contribution in [0.4, 0.5) is 0 Å². The molecule has 0 radical (unpaired) electrons. The van der Waals surface area contributed by atoms with Crippen molar-refractivity contribution in [3.05, 3.63) is 218 Å². The van der Waals surface area contributed by atoms with Crippen molar-refractivity contribution in [2.24, 2.45) is 0 Å². The van der Waals surface area contributed by atoms with Gasteiger partial charge in [0, 0.05) is 91.2 Å². The molecule has 0 unspecified atom stereocenters. The number of pyridine rings is 3. The predicted molar refractivity (Wildman–Crippen MR) is 351 cm³/mol. The molecule has 19 heteroatoms. The van der Waals surface area contributed by atoms with Crippen molar-refractivity contribution in [2.45, 2.75) is 84.7 Å². The Bertz CT molecular complexity index is 4110. The largest absolute Gasteiger partial charge is 0.392 e. The monoisotopic (exact) mass is 1330 g/mol. The molecule has 0 amide bonds. The number of rotatable bonds is 14. The standard InChI is InChI=1S/C22H20ClN3OS.C21H18ClN3OS.C15H14IN3O.C6H5ClS/c1-3-26-13-21(28-18-8-6-17(23)7-9-18)22(25-26)20-11-5-16-12-15(14-27-2)4-10-19(16)24-20;1-2-25-12-20(27-17-7-5-16(22)6-8-17)21(24-25)19-10-4-15-11-14(13-26)3-9-18(15)23-19;1-2-19-8-12(16)15(18-19)14-6-4-11-7-10(9-20)3-5-13(11)17-14;7-5-1-3-6(8)4-2-5/h4-13H,3,14H2,1-2H3;3-12,26H,2,13H2,1H3;3-8,20H,2,9H2,1H3;1-4,8H. The van der Waals surface area contributed by atoms with Gasteiger partial charge < -0.3 is 14.9 Å². The van der Waals surface area contributed by atoms with Gasteiger partial charge in [-0.25, -0.2) is 15.0 Å². The van der Waals surface area contributed by atoms with Gasteiger partial charge in [0.05, 0.1) is 66.8 Å². The molecule has 12 aromatic rings. The number of thiol groups is 1. The summed E-state index contributed by atoms with van der Waals surface area (Å²) < 4.78 is 12.1. The van der Waals surface area contributed by atoms with Crippen molar-refractivity contribution in [1.29, 1.82) is 0 Å². The van der Waals surface area contributed by atoms with Gasteiger partial charge in [0.2, 0.25) is 0 Å². The molecule has 6 heterocycles. The summed E-state index contributed by atoms with van der Waals surface area (Å²) >= 11 is 27.3. The number of halogens is 4. The van der Waals surface area contributed by atoms with Crippen LogP contribution in [0.15, 0.2) is 207 Å². The topological polar surface area (TPSA) is 142 Å². The van der Waals surface area contributed by atoms with Crippen molar-refractivity contribution >= 4 is 126 Å². The van der Waals surface area contributed by atoms with Crippen LogP contribution in [0.3, 0.4) is 0 Å². The number of aromatic nitrogens is 9. The third-order valence-electron chi connectivity index (χ3n) is 12.7. The van der Waals surface area contributed by atoms with Crippen LogP contribution in [-0.4, -0.2) is 61.6 Å². The number of aryl methyl sites for hydroxylation is 3. The number of methoxy groups -OCH3 is 1. The summed E-state index contributed by atoms with van der Waals surface area (Å²) in [6.45, 7) is 9.35. The lowest BCUT2D eigenvalue weighted by Crippen LogP contribution is -1.95. The first-order valence-corrected chi connectivity index (χ1v) is 30.7. The van der Waals surface area contributed by atoms with Gasteiger partial charge in [-0.05, 0) is 187 Å².